The first-order chi connectivity index (χ1) is 3.80. The first kappa shape index (κ1) is 4.89. The number of carbonyl (C=O) groups excluding carboxylic acids is 2. The van der Waals surface area contributed by atoms with E-state index >= 15 is 0 Å². The molecule has 1 aliphatic rings. The molecular formula is C3H2N3O2. The van der Waals surface area contributed by atoms with Crippen LogP contribution in [0, 0.1) is 6.54 Å². The molecule has 0 spiro atoms. The van der Waals surface area contributed by atoms with E-state index in [1.807, 2.05) is 5.43 Å². The van der Waals surface area contributed by atoms with E-state index < -0.39 is 11.7 Å². The molecule has 0 unspecified atom stereocenters. The minimum atomic E-state index is -0.736. The van der Waals surface area contributed by atoms with Crippen LogP contribution in [0.3, 0.4) is 0 Å². The lowest BCUT2D eigenvalue weighted by molar-refractivity contribution is -0.136. The second-order valence-electron chi connectivity index (χ2n) is 1.15. The standard InChI is InChI=1S/C3H2N3O2/c7-2-1-4-6-5-3(2)8/h1H,(H,4,5,8). The highest BCUT2D eigenvalue weighted by atomic mass is 16.2. The molecule has 5 heteroatoms. The van der Waals surface area contributed by atoms with Gasteiger partial charge in [0.15, 0.2) is 6.54 Å². The number of Topliss-reactive ketones (excluding diaryl/α,β-unsaturated/α-hetero) is 1. The molecule has 1 radical (unpaired) electrons. The van der Waals surface area contributed by atoms with Crippen molar-refractivity contribution in [2.45, 2.75) is 0 Å². The van der Waals surface area contributed by atoms with E-state index in [2.05, 4.69) is 10.3 Å². The molecule has 1 rings (SSSR count). The van der Waals surface area contributed by atoms with Gasteiger partial charge < -0.3 is 0 Å². The molecule has 1 aliphatic heterocycles. The van der Waals surface area contributed by atoms with E-state index in [-0.39, 0.29) is 0 Å². The lowest BCUT2D eigenvalue weighted by atomic mass is 10.4. The SMILES string of the molecule is O=C1[CH]N=NNC1=O. The van der Waals surface area contributed by atoms with Gasteiger partial charge in [-0.1, -0.05) is 5.22 Å². The highest BCUT2D eigenvalue weighted by molar-refractivity contribution is 6.39. The molecule has 0 aliphatic carbocycles. The van der Waals surface area contributed by atoms with Crippen LogP contribution in [0.5, 0.6) is 0 Å². The summed E-state index contributed by atoms with van der Waals surface area (Å²) in [6.45, 7) is 0.860. The van der Waals surface area contributed by atoms with Gasteiger partial charge >= 0.3 is 5.91 Å². The van der Waals surface area contributed by atoms with Crippen molar-refractivity contribution in [3.63, 3.8) is 0 Å². The van der Waals surface area contributed by atoms with Gasteiger partial charge in [-0.15, -0.1) is 0 Å². The van der Waals surface area contributed by atoms with E-state index in [0.29, 0.717) is 0 Å². The Bertz CT molecular complexity index is 144. The second-order valence-corrected chi connectivity index (χ2v) is 1.15. The predicted molar refractivity (Wildman–Crippen MR) is 22.3 cm³/mol. The highest BCUT2D eigenvalue weighted by Gasteiger charge is 2.15. The summed E-state index contributed by atoms with van der Waals surface area (Å²) in [5.41, 5.74) is 1.87. The summed E-state index contributed by atoms with van der Waals surface area (Å²) in [6.07, 6.45) is 0. The fraction of sp³-hybridized carbons (Fsp3) is 0. The molecule has 1 heterocycles. The van der Waals surface area contributed by atoms with Crippen molar-refractivity contribution in [1.29, 1.82) is 0 Å². The summed E-state index contributed by atoms with van der Waals surface area (Å²) in [5, 5.41) is 6.18. The zero-order valence-corrected chi connectivity index (χ0v) is 3.79. The topological polar surface area (TPSA) is 70.9 Å². The monoisotopic (exact) mass is 112 g/mol. The van der Waals surface area contributed by atoms with Crippen LogP contribution < -0.4 is 5.43 Å². The molecule has 0 saturated carbocycles. The number of carbonyl (C=O) groups is 2. The number of nitrogens with one attached hydrogen (secondary N) is 1. The van der Waals surface area contributed by atoms with Gasteiger partial charge in [-0.05, 0) is 0 Å². The minimum absolute atomic E-state index is 0.667. The molecule has 0 aromatic heterocycles. The largest absolute Gasteiger partial charge is 0.311 e. The summed E-state index contributed by atoms with van der Waals surface area (Å²) in [4.78, 5) is 20.3. The third-order valence-corrected chi connectivity index (χ3v) is 0.608. The molecular weight excluding hydrogens is 110 g/mol. The number of rotatable bonds is 0. The quantitative estimate of drug-likeness (QED) is 0.417. The average Bonchev–Trinajstić information content (AvgIpc) is 1.77. The Morgan fingerprint density at radius 1 is 1.50 bits per heavy atom. The van der Waals surface area contributed by atoms with Crippen molar-refractivity contribution >= 4 is 11.7 Å². The van der Waals surface area contributed by atoms with Gasteiger partial charge in [0.25, 0.3) is 5.78 Å². The summed E-state index contributed by atoms with van der Waals surface area (Å²) >= 11 is 0. The maximum atomic E-state index is 10.2. The molecule has 0 aromatic carbocycles. The van der Waals surface area contributed by atoms with Crippen molar-refractivity contribution in [2.75, 3.05) is 0 Å². The number of amides is 1. The first-order valence-electron chi connectivity index (χ1n) is 1.88. The fourth-order valence-corrected chi connectivity index (χ4v) is 0.269. The van der Waals surface area contributed by atoms with E-state index in [1.54, 1.807) is 0 Å². The van der Waals surface area contributed by atoms with Crippen LogP contribution in [-0.2, 0) is 9.59 Å². The van der Waals surface area contributed by atoms with Crippen molar-refractivity contribution in [1.82, 2.24) is 5.43 Å². The normalized spacial score (nSPS) is 18.5. The smallest absolute Gasteiger partial charge is 0.286 e. The summed E-state index contributed by atoms with van der Waals surface area (Å²) in [7, 11) is 0. The molecule has 1 amide bonds. The molecule has 0 saturated heterocycles. The van der Waals surface area contributed by atoms with Crippen molar-refractivity contribution in [3.8, 4) is 0 Å². The predicted octanol–water partition coefficient (Wildman–Crippen LogP) is -0.786. The van der Waals surface area contributed by atoms with Crippen LogP contribution in [0.15, 0.2) is 10.3 Å². The highest BCUT2D eigenvalue weighted by Crippen LogP contribution is 1.89. The van der Waals surface area contributed by atoms with Gasteiger partial charge in [-0.3, -0.25) is 9.59 Å². The molecule has 0 fully saturated rings. The van der Waals surface area contributed by atoms with E-state index in [1.165, 1.54) is 0 Å². The third-order valence-electron chi connectivity index (χ3n) is 0.608. The molecule has 8 heavy (non-hydrogen) atoms. The molecule has 0 bridgehead atoms. The molecule has 5 nitrogen and oxygen atoms in total. The number of nitrogens with zero attached hydrogens (tertiary/aromatic N) is 2. The zero-order chi connectivity index (χ0) is 5.98. The van der Waals surface area contributed by atoms with Gasteiger partial charge in [-0.25, -0.2) is 5.43 Å². The summed E-state index contributed by atoms with van der Waals surface area (Å²) < 4.78 is 0. The summed E-state index contributed by atoms with van der Waals surface area (Å²) in [6, 6.07) is 0. The number of hydrogen-bond acceptors (Lipinski definition) is 4. The van der Waals surface area contributed by atoms with Crippen LogP contribution in [0.1, 0.15) is 0 Å². The Morgan fingerprint density at radius 3 is 2.62 bits per heavy atom. The minimum Gasteiger partial charge on any atom is -0.286 e. The van der Waals surface area contributed by atoms with E-state index in [4.69, 9.17) is 0 Å². The first-order valence-corrected chi connectivity index (χ1v) is 1.88. The average molecular weight is 112 g/mol. The summed E-state index contributed by atoms with van der Waals surface area (Å²) in [5.74, 6) is -1.40. The maximum Gasteiger partial charge on any atom is 0.311 e. The van der Waals surface area contributed by atoms with Crippen molar-refractivity contribution in [2.24, 2.45) is 10.3 Å². The van der Waals surface area contributed by atoms with Gasteiger partial charge in [0.2, 0.25) is 0 Å². The molecule has 41 valence electrons. The van der Waals surface area contributed by atoms with E-state index in [0.717, 1.165) is 6.54 Å². The van der Waals surface area contributed by atoms with Gasteiger partial charge in [0, 0.05) is 0 Å². The number of hydrogen-bond donors (Lipinski definition) is 1. The third kappa shape index (κ3) is 0.699. The van der Waals surface area contributed by atoms with E-state index in [9.17, 15) is 9.59 Å². The zero-order valence-electron chi connectivity index (χ0n) is 3.79. The molecule has 0 aromatic rings. The van der Waals surface area contributed by atoms with Crippen molar-refractivity contribution in [3.05, 3.63) is 6.54 Å². The van der Waals surface area contributed by atoms with Crippen LogP contribution in [0.2, 0.25) is 0 Å². The fourth-order valence-electron chi connectivity index (χ4n) is 0.269. The lowest BCUT2D eigenvalue weighted by Crippen LogP contribution is -2.29. The Hall–Kier alpha value is -1.26. The Labute approximate surface area is 44.8 Å². The van der Waals surface area contributed by atoms with Gasteiger partial charge in [0.1, 0.15) is 0 Å². The maximum absolute atomic E-state index is 10.2. The lowest BCUT2D eigenvalue weighted by Gasteiger charge is -1.97. The van der Waals surface area contributed by atoms with Crippen LogP contribution in [-0.4, -0.2) is 11.7 Å². The Morgan fingerprint density at radius 2 is 2.25 bits per heavy atom. The van der Waals surface area contributed by atoms with Crippen molar-refractivity contribution < 1.29 is 9.59 Å². The Balaban J connectivity index is 2.71. The van der Waals surface area contributed by atoms with Gasteiger partial charge in [-0.2, -0.15) is 5.11 Å². The second kappa shape index (κ2) is 1.69. The van der Waals surface area contributed by atoms with Gasteiger partial charge in [0.05, 0.1) is 0 Å². The number of ketones is 1. The Kier molecular flexibility index (Phi) is 1.03. The molecule has 0 atom stereocenters. The van der Waals surface area contributed by atoms with Crippen LogP contribution in [0.25, 0.3) is 0 Å². The van der Waals surface area contributed by atoms with Crippen LogP contribution >= 0.6 is 0 Å². The molecule has 1 N–H and O–H groups in total. The van der Waals surface area contributed by atoms with Crippen LogP contribution in [0.4, 0.5) is 0 Å².